The number of phenolic OH excluding ortho intramolecular Hbond substituents is 1. The number of anilines is 1. The highest BCUT2D eigenvalue weighted by atomic mass is 32.1. The van der Waals surface area contributed by atoms with Crippen LogP contribution >= 0.6 is 11.3 Å². The molecule has 1 heterocycles. The summed E-state index contributed by atoms with van der Waals surface area (Å²) in [5.41, 5.74) is 2.40. The van der Waals surface area contributed by atoms with Crippen LogP contribution in [0.15, 0.2) is 91.0 Å². The molecule has 4 rings (SSSR count). The van der Waals surface area contributed by atoms with Crippen LogP contribution in [0.2, 0.25) is 0 Å². The maximum absolute atomic E-state index is 13.0. The van der Waals surface area contributed by atoms with Gasteiger partial charge in [-0.1, -0.05) is 72.8 Å². The molecule has 6 heteroatoms. The van der Waals surface area contributed by atoms with E-state index in [1.54, 1.807) is 18.2 Å². The van der Waals surface area contributed by atoms with Gasteiger partial charge in [0.05, 0.1) is 16.0 Å². The third kappa shape index (κ3) is 5.04. The Kier molecular flexibility index (Phi) is 6.63. The molecule has 0 aliphatic heterocycles. The Hall–Kier alpha value is -3.90. The summed E-state index contributed by atoms with van der Waals surface area (Å²) in [6.45, 7) is 0.626. The van der Waals surface area contributed by atoms with Gasteiger partial charge in [-0.05, 0) is 29.3 Å². The van der Waals surface area contributed by atoms with Crippen molar-refractivity contribution in [3.8, 4) is 5.75 Å². The molecule has 0 atom stereocenters. The molecule has 2 N–H and O–H groups in total. The minimum absolute atomic E-state index is 0.0992. The average Bonchev–Trinajstić information content (AvgIpc) is 3.27. The Bertz CT molecular complexity index is 1220. The summed E-state index contributed by atoms with van der Waals surface area (Å²) in [6.07, 6.45) is 0. The van der Waals surface area contributed by atoms with Crippen LogP contribution in [0.1, 0.15) is 36.7 Å². The van der Waals surface area contributed by atoms with Gasteiger partial charge in [0.1, 0.15) is 17.4 Å². The second-order valence-corrected chi connectivity index (χ2v) is 8.15. The smallest absolute Gasteiger partial charge is 0.341 e. The van der Waals surface area contributed by atoms with Crippen molar-refractivity contribution in [3.63, 3.8) is 0 Å². The van der Waals surface area contributed by atoms with Gasteiger partial charge in [0.25, 0.3) is 0 Å². The molecule has 0 spiro atoms. The minimum atomic E-state index is -0.517. The third-order valence-electron chi connectivity index (χ3n) is 4.83. The normalized spacial score (nSPS) is 10.5. The number of aromatic hydroxyl groups is 1. The second-order valence-electron chi connectivity index (χ2n) is 7.10. The maximum atomic E-state index is 13.0. The van der Waals surface area contributed by atoms with Gasteiger partial charge in [0, 0.05) is 6.54 Å². The van der Waals surface area contributed by atoms with E-state index >= 15 is 0 Å². The number of phenols is 1. The Morgan fingerprint density at radius 1 is 0.812 bits per heavy atom. The standard InChI is InChI=1S/C26H21NO4S/c28-22-14-8-7-13-20(22)24(29)23-15-21(26(30)31-17-19-11-5-2-6-12-19)25(32-23)27-16-18-9-3-1-4-10-18/h1-15,27-28H,16-17H2. The largest absolute Gasteiger partial charge is 0.507 e. The Balaban J connectivity index is 1.59. The first-order valence-electron chi connectivity index (χ1n) is 10.1. The number of benzene rings is 3. The van der Waals surface area contributed by atoms with Gasteiger partial charge < -0.3 is 15.2 Å². The van der Waals surface area contributed by atoms with Crippen LogP contribution in [0, 0.1) is 0 Å². The Morgan fingerprint density at radius 3 is 2.12 bits per heavy atom. The summed E-state index contributed by atoms with van der Waals surface area (Å²) in [5.74, 6) is -0.965. The van der Waals surface area contributed by atoms with Crippen LogP contribution in [0.4, 0.5) is 5.00 Å². The first-order chi connectivity index (χ1) is 15.6. The van der Waals surface area contributed by atoms with Crippen molar-refractivity contribution in [1.29, 1.82) is 0 Å². The maximum Gasteiger partial charge on any atom is 0.341 e. The van der Waals surface area contributed by atoms with E-state index in [9.17, 15) is 14.7 Å². The van der Waals surface area contributed by atoms with Crippen molar-refractivity contribution in [1.82, 2.24) is 0 Å². The highest BCUT2D eigenvalue weighted by Gasteiger charge is 2.23. The molecule has 160 valence electrons. The van der Waals surface area contributed by atoms with Gasteiger partial charge >= 0.3 is 5.97 Å². The van der Waals surface area contributed by atoms with Gasteiger partial charge in [-0.25, -0.2) is 4.79 Å². The van der Waals surface area contributed by atoms with Gasteiger partial charge in [0.15, 0.2) is 0 Å². The van der Waals surface area contributed by atoms with Crippen molar-refractivity contribution in [2.75, 3.05) is 5.32 Å². The lowest BCUT2D eigenvalue weighted by Gasteiger charge is -2.08. The quantitative estimate of drug-likeness (QED) is 0.272. The molecule has 5 nitrogen and oxygen atoms in total. The molecule has 3 aromatic carbocycles. The van der Waals surface area contributed by atoms with Crippen molar-refractivity contribution in [2.24, 2.45) is 0 Å². The highest BCUT2D eigenvalue weighted by Crippen LogP contribution is 2.32. The number of ketones is 1. The molecular formula is C26H21NO4S. The molecule has 32 heavy (non-hydrogen) atoms. The topological polar surface area (TPSA) is 75.6 Å². The fourth-order valence-corrected chi connectivity index (χ4v) is 4.16. The molecule has 0 radical (unpaired) electrons. The van der Waals surface area contributed by atoms with E-state index in [-0.39, 0.29) is 23.7 Å². The number of ether oxygens (including phenoxy) is 1. The summed E-state index contributed by atoms with van der Waals surface area (Å²) in [5, 5.41) is 13.9. The summed E-state index contributed by atoms with van der Waals surface area (Å²) < 4.78 is 5.50. The molecule has 0 unspecified atom stereocenters. The van der Waals surface area contributed by atoms with Crippen LogP contribution in [0.5, 0.6) is 5.75 Å². The van der Waals surface area contributed by atoms with E-state index in [1.807, 2.05) is 60.7 Å². The number of rotatable bonds is 8. The number of thiophene rings is 1. The van der Waals surface area contributed by atoms with Crippen molar-refractivity contribution in [3.05, 3.63) is 118 Å². The van der Waals surface area contributed by atoms with Gasteiger partial charge in [-0.2, -0.15) is 0 Å². The molecule has 0 saturated heterocycles. The molecule has 0 aliphatic carbocycles. The first kappa shape index (κ1) is 21.3. The lowest BCUT2D eigenvalue weighted by Crippen LogP contribution is -2.08. The zero-order chi connectivity index (χ0) is 22.3. The van der Waals surface area contributed by atoms with Gasteiger partial charge in [0.2, 0.25) is 5.78 Å². The Morgan fingerprint density at radius 2 is 1.44 bits per heavy atom. The van der Waals surface area contributed by atoms with Crippen LogP contribution in [-0.2, 0) is 17.9 Å². The van der Waals surface area contributed by atoms with E-state index in [4.69, 9.17) is 4.74 Å². The lowest BCUT2D eigenvalue weighted by molar-refractivity contribution is 0.0474. The number of hydrogen-bond donors (Lipinski definition) is 2. The van der Waals surface area contributed by atoms with E-state index in [1.165, 1.54) is 23.5 Å². The van der Waals surface area contributed by atoms with Crippen LogP contribution in [0.3, 0.4) is 0 Å². The summed E-state index contributed by atoms with van der Waals surface area (Å²) in [7, 11) is 0. The predicted octanol–water partition coefficient (Wildman–Crippen LogP) is 5.65. The monoisotopic (exact) mass is 443 g/mol. The fraction of sp³-hybridized carbons (Fsp3) is 0.0769. The number of para-hydroxylation sites is 1. The zero-order valence-corrected chi connectivity index (χ0v) is 18.0. The zero-order valence-electron chi connectivity index (χ0n) is 17.2. The molecule has 0 bridgehead atoms. The van der Waals surface area contributed by atoms with Crippen LogP contribution in [-0.4, -0.2) is 16.9 Å². The predicted molar refractivity (Wildman–Crippen MR) is 125 cm³/mol. The number of esters is 1. The SMILES string of the molecule is O=C(c1cc(C(=O)OCc2ccccc2)c(NCc2ccccc2)s1)c1ccccc1O. The highest BCUT2D eigenvalue weighted by molar-refractivity contribution is 7.18. The van der Waals surface area contributed by atoms with E-state index < -0.39 is 5.97 Å². The molecule has 0 aliphatic rings. The van der Waals surface area contributed by atoms with Crippen LogP contribution in [0.25, 0.3) is 0 Å². The number of nitrogens with one attached hydrogen (secondary N) is 1. The van der Waals surface area contributed by atoms with Crippen molar-refractivity contribution in [2.45, 2.75) is 13.2 Å². The van der Waals surface area contributed by atoms with Crippen molar-refractivity contribution < 1.29 is 19.4 Å². The molecule has 4 aromatic rings. The number of hydrogen-bond acceptors (Lipinski definition) is 6. The van der Waals surface area contributed by atoms with E-state index in [2.05, 4.69) is 5.32 Å². The summed E-state index contributed by atoms with van der Waals surface area (Å²) in [4.78, 5) is 26.2. The molecule has 0 saturated carbocycles. The molecule has 1 aromatic heterocycles. The lowest BCUT2D eigenvalue weighted by atomic mass is 10.1. The number of carbonyl (C=O) groups is 2. The van der Waals surface area contributed by atoms with Gasteiger partial charge in [-0.15, -0.1) is 11.3 Å². The summed E-state index contributed by atoms with van der Waals surface area (Å²) in [6, 6.07) is 27.1. The number of carbonyl (C=O) groups excluding carboxylic acids is 2. The third-order valence-corrected chi connectivity index (χ3v) is 5.92. The fourth-order valence-electron chi connectivity index (χ4n) is 3.16. The summed E-state index contributed by atoms with van der Waals surface area (Å²) >= 11 is 1.17. The molecule has 0 fully saturated rings. The molecule has 0 amide bonds. The van der Waals surface area contributed by atoms with Crippen molar-refractivity contribution >= 4 is 28.1 Å². The second kappa shape index (κ2) is 9.94. The van der Waals surface area contributed by atoms with E-state index in [0.29, 0.717) is 22.0 Å². The first-order valence-corrected chi connectivity index (χ1v) is 10.9. The average molecular weight is 444 g/mol. The van der Waals surface area contributed by atoms with Gasteiger partial charge in [-0.3, -0.25) is 4.79 Å². The Labute approximate surface area is 189 Å². The molecular weight excluding hydrogens is 422 g/mol. The van der Waals surface area contributed by atoms with E-state index in [0.717, 1.165) is 11.1 Å². The minimum Gasteiger partial charge on any atom is -0.507 e. The van der Waals surface area contributed by atoms with Crippen LogP contribution < -0.4 is 5.32 Å².